The molecule has 1 N–H and O–H groups in total. The normalized spacial score (nSPS) is 18.5. The van der Waals surface area contributed by atoms with Crippen LogP contribution in [0.3, 0.4) is 0 Å². The molecule has 1 aliphatic rings. The molecule has 0 aromatic heterocycles. The molecule has 1 aliphatic heterocycles. The molecule has 0 saturated carbocycles. The predicted octanol–water partition coefficient (Wildman–Crippen LogP) is 4.00. The van der Waals surface area contributed by atoms with Crippen molar-refractivity contribution < 1.29 is 17.9 Å². The van der Waals surface area contributed by atoms with Crippen LogP contribution in [-0.2, 0) is 14.8 Å². The second kappa shape index (κ2) is 10.3. The van der Waals surface area contributed by atoms with Crippen molar-refractivity contribution in [2.24, 2.45) is 11.8 Å². The number of methoxy groups -OCH3 is 1. The molecule has 1 saturated heterocycles. The Morgan fingerprint density at radius 1 is 1.13 bits per heavy atom. The van der Waals surface area contributed by atoms with Crippen LogP contribution in [0.1, 0.15) is 44.7 Å². The second-order valence-electron chi connectivity index (χ2n) is 8.48. The number of hydrogen-bond acceptors (Lipinski definition) is 4. The SMILES string of the molecule is COc1ccc(S(=O)(=O)N2CCC[C@H](C(=O)N[C@H](CC(C)C)c3ccccc3)C2)cc1. The zero-order chi connectivity index (χ0) is 22.4. The zero-order valence-electron chi connectivity index (χ0n) is 18.5. The van der Waals surface area contributed by atoms with E-state index in [1.165, 1.54) is 4.31 Å². The van der Waals surface area contributed by atoms with Gasteiger partial charge in [0, 0.05) is 13.1 Å². The van der Waals surface area contributed by atoms with Gasteiger partial charge < -0.3 is 10.1 Å². The summed E-state index contributed by atoms with van der Waals surface area (Å²) in [6.45, 7) is 4.88. The highest BCUT2D eigenvalue weighted by atomic mass is 32.2. The van der Waals surface area contributed by atoms with E-state index in [4.69, 9.17) is 4.74 Å². The lowest BCUT2D eigenvalue weighted by molar-refractivity contribution is -0.127. The molecule has 168 valence electrons. The third-order valence-electron chi connectivity index (χ3n) is 5.68. The van der Waals surface area contributed by atoms with E-state index in [9.17, 15) is 13.2 Å². The zero-order valence-corrected chi connectivity index (χ0v) is 19.3. The monoisotopic (exact) mass is 444 g/mol. The van der Waals surface area contributed by atoms with Gasteiger partial charge >= 0.3 is 0 Å². The maximum Gasteiger partial charge on any atom is 0.243 e. The molecule has 6 nitrogen and oxygen atoms in total. The van der Waals surface area contributed by atoms with Gasteiger partial charge in [-0.25, -0.2) is 8.42 Å². The van der Waals surface area contributed by atoms with Crippen molar-refractivity contribution in [3.63, 3.8) is 0 Å². The van der Waals surface area contributed by atoms with Crippen molar-refractivity contribution in [1.29, 1.82) is 0 Å². The summed E-state index contributed by atoms with van der Waals surface area (Å²) < 4.78 is 32.7. The predicted molar refractivity (Wildman–Crippen MR) is 121 cm³/mol. The minimum atomic E-state index is -3.66. The summed E-state index contributed by atoms with van der Waals surface area (Å²) in [6.07, 6.45) is 2.17. The quantitative estimate of drug-likeness (QED) is 0.668. The molecule has 0 unspecified atom stereocenters. The molecule has 1 amide bonds. The molecule has 0 aliphatic carbocycles. The van der Waals surface area contributed by atoms with Crippen molar-refractivity contribution >= 4 is 15.9 Å². The van der Waals surface area contributed by atoms with E-state index >= 15 is 0 Å². The van der Waals surface area contributed by atoms with Crippen molar-refractivity contribution in [3.05, 3.63) is 60.2 Å². The topological polar surface area (TPSA) is 75.7 Å². The Balaban J connectivity index is 1.71. The molecule has 0 radical (unpaired) electrons. The Kier molecular flexibility index (Phi) is 7.73. The molecule has 3 rings (SSSR count). The Labute approximate surface area is 185 Å². The molecule has 1 heterocycles. The number of benzene rings is 2. The van der Waals surface area contributed by atoms with Gasteiger partial charge in [-0.3, -0.25) is 4.79 Å². The van der Waals surface area contributed by atoms with Gasteiger partial charge in [-0.05, 0) is 55.0 Å². The number of ether oxygens (including phenoxy) is 1. The van der Waals surface area contributed by atoms with Crippen molar-refractivity contribution in [2.45, 2.75) is 44.0 Å². The lowest BCUT2D eigenvalue weighted by atomic mass is 9.94. The Morgan fingerprint density at radius 2 is 1.81 bits per heavy atom. The maximum absolute atomic E-state index is 13.1. The third-order valence-corrected chi connectivity index (χ3v) is 7.56. The van der Waals surface area contributed by atoms with Gasteiger partial charge in [-0.15, -0.1) is 0 Å². The van der Waals surface area contributed by atoms with E-state index in [0.717, 1.165) is 12.0 Å². The number of nitrogens with one attached hydrogen (secondary N) is 1. The molecule has 0 spiro atoms. The highest BCUT2D eigenvalue weighted by Crippen LogP contribution is 2.27. The van der Waals surface area contributed by atoms with E-state index in [-0.39, 0.29) is 29.3 Å². The average molecular weight is 445 g/mol. The van der Waals surface area contributed by atoms with Gasteiger partial charge in [-0.2, -0.15) is 4.31 Å². The Hall–Kier alpha value is -2.38. The number of rotatable bonds is 8. The van der Waals surface area contributed by atoms with Gasteiger partial charge in [-0.1, -0.05) is 44.2 Å². The summed E-state index contributed by atoms with van der Waals surface area (Å²) >= 11 is 0. The van der Waals surface area contributed by atoms with Gasteiger partial charge in [0.25, 0.3) is 0 Å². The van der Waals surface area contributed by atoms with E-state index in [1.54, 1.807) is 31.4 Å². The fourth-order valence-electron chi connectivity index (χ4n) is 4.00. The molecule has 31 heavy (non-hydrogen) atoms. The van der Waals surface area contributed by atoms with Crippen LogP contribution >= 0.6 is 0 Å². The van der Waals surface area contributed by atoms with Crippen LogP contribution in [0.4, 0.5) is 0 Å². The van der Waals surface area contributed by atoms with Gasteiger partial charge in [0.1, 0.15) is 5.75 Å². The van der Waals surface area contributed by atoms with Crippen LogP contribution in [0.5, 0.6) is 5.75 Å². The molecular weight excluding hydrogens is 412 g/mol. The minimum absolute atomic E-state index is 0.0795. The first-order valence-corrected chi connectivity index (χ1v) is 12.2. The molecule has 7 heteroatoms. The summed E-state index contributed by atoms with van der Waals surface area (Å²) in [5.74, 6) is 0.583. The van der Waals surface area contributed by atoms with E-state index in [0.29, 0.717) is 31.1 Å². The third kappa shape index (κ3) is 5.86. The second-order valence-corrected chi connectivity index (χ2v) is 10.4. The average Bonchev–Trinajstić information content (AvgIpc) is 2.79. The highest BCUT2D eigenvalue weighted by Gasteiger charge is 2.34. The molecule has 2 aromatic rings. The number of carbonyl (C=O) groups excluding carboxylic acids is 1. The Morgan fingerprint density at radius 3 is 2.42 bits per heavy atom. The molecule has 0 bridgehead atoms. The molecule has 2 aromatic carbocycles. The van der Waals surface area contributed by atoms with Gasteiger partial charge in [0.05, 0.1) is 24.0 Å². The van der Waals surface area contributed by atoms with E-state index in [2.05, 4.69) is 19.2 Å². The first-order chi connectivity index (χ1) is 14.8. The van der Waals surface area contributed by atoms with Crippen molar-refractivity contribution in [3.8, 4) is 5.75 Å². The maximum atomic E-state index is 13.1. The lowest BCUT2D eigenvalue weighted by Gasteiger charge is -2.32. The fraction of sp³-hybridized carbons (Fsp3) is 0.458. The van der Waals surface area contributed by atoms with Crippen LogP contribution in [-0.4, -0.2) is 38.8 Å². The number of amides is 1. The van der Waals surface area contributed by atoms with Crippen LogP contribution < -0.4 is 10.1 Å². The van der Waals surface area contributed by atoms with Crippen LogP contribution in [0.2, 0.25) is 0 Å². The largest absolute Gasteiger partial charge is 0.497 e. The molecule has 1 fully saturated rings. The van der Waals surface area contributed by atoms with Crippen molar-refractivity contribution in [2.75, 3.05) is 20.2 Å². The minimum Gasteiger partial charge on any atom is -0.497 e. The van der Waals surface area contributed by atoms with E-state index < -0.39 is 10.0 Å². The number of piperidine rings is 1. The number of hydrogen-bond donors (Lipinski definition) is 1. The molecular formula is C24H32N2O4S. The smallest absolute Gasteiger partial charge is 0.243 e. The van der Waals surface area contributed by atoms with Gasteiger partial charge in [0.15, 0.2) is 0 Å². The first kappa shape index (κ1) is 23.3. The van der Waals surface area contributed by atoms with Gasteiger partial charge in [0.2, 0.25) is 15.9 Å². The lowest BCUT2D eigenvalue weighted by Crippen LogP contribution is -2.46. The summed E-state index contributed by atoms with van der Waals surface area (Å²) in [5.41, 5.74) is 1.07. The summed E-state index contributed by atoms with van der Waals surface area (Å²) in [7, 11) is -2.11. The number of nitrogens with zero attached hydrogens (tertiary/aromatic N) is 1. The summed E-state index contributed by atoms with van der Waals surface area (Å²) in [4.78, 5) is 13.3. The van der Waals surface area contributed by atoms with Crippen molar-refractivity contribution in [1.82, 2.24) is 9.62 Å². The highest BCUT2D eigenvalue weighted by molar-refractivity contribution is 7.89. The van der Waals surface area contributed by atoms with Crippen LogP contribution in [0, 0.1) is 11.8 Å². The standard InChI is InChI=1S/C24H32N2O4S/c1-18(2)16-23(19-8-5-4-6-9-19)25-24(27)20-10-7-15-26(17-20)31(28,29)22-13-11-21(30-3)12-14-22/h4-6,8-9,11-14,18,20,23H,7,10,15-17H2,1-3H3,(H,25,27)/t20-,23+/m0/s1. The Bertz CT molecular complexity index is 959. The number of carbonyl (C=O) groups is 1. The van der Waals surface area contributed by atoms with Crippen LogP contribution in [0.25, 0.3) is 0 Å². The fourth-order valence-corrected chi connectivity index (χ4v) is 5.52. The summed E-state index contributed by atoms with van der Waals surface area (Å²) in [6, 6.07) is 16.2. The van der Waals surface area contributed by atoms with Crippen LogP contribution in [0.15, 0.2) is 59.5 Å². The number of sulfonamides is 1. The summed E-state index contributed by atoms with van der Waals surface area (Å²) in [5, 5.41) is 3.18. The first-order valence-electron chi connectivity index (χ1n) is 10.8. The molecule has 2 atom stereocenters. The van der Waals surface area contributed by atoms with E-state index in [1.807, 2.05) is 30.3 Å².